The molecule has 0 saturated carbocycles. The van der Waals surface area contributed by atoms with E-state index in [1.165, 1.54) is 39.2 Å². The minimum atomic E-state index is -3.70. The van der Waals surface area contributed by atoms with Crippen LogP contribution in [0.1, 0.15) is 24.2 Å². The Morgan fingerprint density at radius 2 is 1.88 bits per heavy atom. The molecule has 1 aromatic carbocycles. The Bertz CT molecular complexity index is 505. The molecular formula is C11H14O5S. The lowest BCUT2D eigenvalue weighted by Gasteiger charge is -2.12. The van der Waals surface area contributed by atoms with E-state index in [0.29, 0.717) is 11.8 Å². The van der Waals surface area contributed by atoms with Crippen molar-refractivity contribution in [3.8, 4) is 11.5 Å². The first-order chi connectivity index (χ1) is 7.90. The van der Waals surface area contributed by atoms with Crippen LogP contribution in [0.2, 0.25) is 0 Å². The number of carbonyl (C=O) groups is 1. The van der Waals surface area contributed by atoms with Gasteiger partial charge in [0.25, 0.3) is 0 Å². The molecule has 94 valence electrons. The quantitative estimate of drug-likeness (QED) is 0.593. The summed E-state index contributed by atoms with van der Waals surface area (Å²) in [6.07, 6.45) is 0.605. The van der Waals surface area contributed by atoms with Crippen LogP contribution in [0.15, 0.2) is 18.2 Å². The molecule has 0 amide bonds. The molecule has 0 aromatic heterocycles. The lowest BCUT2D eigenvalue weighted by atomic mass is 10.2. The fraction of sp³-hybridized carbons (Fsp3) is 0.364. The van der Waals surface area contributed by atoms with Crippen molar-refractivity contribution >= 4 is 16.4 Å². The van der Waals surface area contributed by atoms with E-state index in [2.05, 4.69) is 0 Å². The summed E-state index contributed by atoms with van der Waals surface area (Å²) in [5, 5.41) is -0.674. The van der Waals surface area contributed by atoms with Crippen LogP contribution in [0.25, 0.3) is 0 Å². The summed E-state index contributed by atoms with van der Waals surface area (Å²) in [6, 6.07) is 4.32. The van der Waals surface area contributed by atoms with Gasteiger partial charge in [-0.25, -0.2) is 0 Å². The van der Waals surface area contributed by atoms with E-state index in [1.54, 1.807) is 0 Å². The van der Waals surface area contributed by atoms with Crippen molar-refractivity contribution in [3.05, 3.63) is 23.8 Å². The lowest BCUT2D eigenvalue weighted by molar-refractivity contribution is 0.112. The van der Waals surface area contributed by atoms with Crippen molar-refractivity contribution < 1.29 is 22.1 Å². The molecule has 0 unspecified atom stereocenters. The maximum absolute atomic E-state index is 11.6. The van der Waals surface area contributed by atoms with Crippen LogP contribution in [0.3, 0.4) is 0 Å². The van der Waals surface area contributed by atoms with Crippen LogP contribution in [-0.4, -0.2) is 27.1 Å². The molecule has 0 heterocycles. The summed E-state index contributed by atoms with van der Waals surface area (Å²) in [5.74, 6) is 0.283. The summed E-state index contributed by atoms with van der Waals surface area (Å²) in [6.45, 7) is 3.01. The summed E-state index contributed by atoms with van der Waals surface area (Å²) < 4.78 is 33.1. The number of benzene rings is 1. The fourth-order valence-corrected chi connectivity index (χ4v) is 1.63. The molecule has 1 rings (SSSR count). The first kappa shape index (κ1) is 13.5. The smallest absolute Gasteiger partial charge is 0.311 e. The average molecular weight is 258 g/mol. The monoisotopic (exact) mass is 258 g/mol. The number of aldehydes is 1. The van der Waals surface area contributed by atoms with Crippen LogP contribution in [-0.2, 0) is 10.1 Å². The number of hydrogen-bond donors (Lipinski definition) is 0. The van der Waals surface area contributed by atoms with Gasteiger partial charge < -0.3 is 8.92 Å². The number of rotatable bonds is 5. The van der Waals surface area contributed by atoms with Crippen molar-refractivity contribution in [1.29, 1.82) is 0 Å². The molecule has 0 bridgehead atoms. The second-order valence-electron chi connectivity index (χ2n) is 3.65. The minimum Gasteiger partial charge on any atom is -0.493 e. The Morgan fingerprint density at radius 3 is 2.35 bits per heavy atom. The molecule has 1 aromatic rings. The molecule has 0 N–H and O–H groups in total. The zero-order valence-electron chi connectivity index (χ0n) is 9.84. The second-order valence-corrected chi connectivity index (χ2v) is 5.75. The number of hydrogen-bond acceptors (Lipinski definition) is 5. The van der Waals surface area contributed by atoms with E-state index in [-0.39, 0.29) is 11.5 Å². The molecule has 0 atom stereocenters. The predicted molar refractivity (Wildman–Crippen MR) is 63.1 cm³/mol. The van der Waals surface area contributed by atoms with Crippen LogP contribution in [0.5, 0.6) is 11.5 Å². The first-order valence-electron chi connectivity index (χ1n) is 4.97. The highest BCUT2D eigenvalue weighted by Crippen LogP contribution is 2.29. The standard InChI is InChI=1S/C11H14O5S/c1-8(2)17(13,14)16-11-6-9(7-12)4-5-10(11)15-3/h4-8H,1-3H3. The molecule has 17 heavy (non-hydrogen) atoms. The van der Waals surface area contributed by atoms with E-state index in [0.717, 1.165) is 0 Å². The highest BCUT2D eigenvalue weighted by Gasteiger charge is 2.20. The molecule has 0 saturated heterocycles. The van der Waals surface area contributed by atoms with Gasteiger partial charge in [-0.1, -0.05) is 0 Å². The third kappa shape index (κ3) is 3.20. The van der Waals surface area contributed by atoms with Crippen LogP contribution in [0.4, 0.5) is 0 Å². The van der Waals surface area contributed by atoms with Gasteiger partial charge in [-0.05, 0) is 32.0 Å². The molecule has 0 fully saturated rings. The Labute approximate surface area is 100 Å². The minimum absolute atomic E-state index is 0.0193. The van der Waals surface area contributed by atoms with Crippen LogP contribution < -0.4 is 8.92 Å². The van der Waals surface area contributed by atoms with Gasteiger partial charge in [-0.2, -0.15) is 8.42 Å². The van der Waals surface area contributed by atoms with Crippen molar-refractivity contribution in [2.45, 2.75) is 19.1 Å². The summed E-state index contributed by atoms with van der Waals surface area (Å²) in [4.78, 5) is 10.6. The van der Waals surface area contributed by atoms with Crippen molar-refractivity contribution in [3.63, 3.8) is 0 Å². The zero-order valence-corrected chi connectivity index (χ0v) is 10.7. The zero-order chi connectivity index (χ0) is 13.1. The molecule has 0 radical (unpaired) electrons. The summed E-state index contributed by atoms with van der Waals surface area (Å²) >= 11 is 0. The average Bonchev–Trinajstić information content (AvgIpc) is 2.28. The third-order valence-electron chi connectivity index (χ3n) is 2.11. The van der Waals surface area contributed by atoms with E-state index < -0.39 is 15.4 Å². The normalized spacial score (nSPS) is 11.3. The topological polar surface area (TPSA) is 69.7 Å². The molecule has 0 aliphatic carbocycles. The molecule has 6 heteroatoms. The van der Waals surface area contributed by atoms with E-state index in [9.17, 15) is 13.2 Å². The maximum atomic E-state index is 11.6. The number of carbonyl (C=O) groups excluding carboxylic acids is 1. The van der Waals surface area contributed by atoms with Gasteiger partial charge in [0.15, 0.2) is 11.5 Å². The van der Waals surface area contributed by atoms with Gasteiger partial charge in [-0.15, -0.1) is 0 Å². The molecule has 5 nitrogen and oxygen atoms in total. The number of methoxy groups -OCH3 is 1. The molecule has 0 aliphatic heterocycles. The SMILES string of the molecule is COc1ccc(C=O)cc1OS(=O)(=O)C(C)C. The Kier molecular flexibility index (Phi) is 4.11. The summed E-state index contributed by atoms with van der Waals surface area (Å²) in [5.41, 5.74) is 0.319. The molecular weight excluding hydrogens is 244 g/mol. The van der Waals surface area contributed by atoms with E-state index in [1.807, 2.05) is 0 Å². The van der Waals surface area contributed by atoms with E-state index in [4.69, 9.17) is 8.92 Å². The summed E-state index contributed by atoms with van der Waals surface area (Å²) in [7, 11) is -2.31. The predicted octanol–water partition coefficient (Wildman–Crippen LogP) is 1.62. The van der Waals surface area contributed by atoms with Gasteiger partial charge in [0, 0.05) is 5.56 Å². The Balaban J connectivity index is 3.16. The molecule has 0 aliphatic rings. The first-order valence-corrected chi connectivity index (χ1v) is 6.44. The lowest BCUT2D eigenvalue weighted by Crippen LogP contribution is -2.20. The van der Waals surface area contributed by atoms with Crippen LogP contribution >= 0.6 is 0 Å². The van der Waals surface area contributed by atoms with E-state index >= 15 is 0 Å². The second kappa shape index (κ2) is 5.18. The van der Waals surface area contributed by atoms with Gasteiger partial charge in [0.1, 0.15) is 6.29 Å². The largest absolute Gasteiger partial charge is 0.493 e. The fourth-order valence-electron chi connectivity index (χ4n) is 1.05. The highest BCUT2D eigenvalue weighted by molar-refractivity contribution is 7.87. The van der Waals surface area contributed by atoms with Crippen molar-refractivity contribution in [2.24, 2.45) is 0 Å². The number of ether oxygens (including phenoxy) is 1. The van der Waals surface area contributed by atoms with Gasteiger partial charge in [0.05, 0.1) is 12.4 Å². The maximum Gasteiger partial charge on any atom is 0.311 e. The Hall–Kier alpha value is -1.56. The highest BCUT2D eigenvalue weighted by atomic mass is 32.2. The Morgan fingerprint density at radius 1 is 1.24 bits per heavy atom. The third-order valence-corrected chi connectivity index (χ3v) is 3.67. The van der Waals surface area contributed by atoms with Gasteiger partial charge in [0.2, 0.25) is 0 Å². The van der Waals surface area contributed by atoms with Crippen molar-refractivity contribution in [1.82, 2.24) is 0 Å². The van der Waals surface area contributed by atoms with Gasteiger partial charge in [-0.3, -0.25) is 4.79 Å². The molecule has 0 spiro atoms. The van der Waals surface area contributed by atoms with Gasteiger partial charge >= 0.3 is 10.1 Å². The van der Waals surface area contributed by atoms with Crippen LogP contribution in [0, 0.1) is 0 Å². The van der Waals surface area contributed by atoms with Crippen molar-refractivity contribution in [2.75, 3.05) is 7.11 Å².